The van der Waals surface area contributed by atoms with Crippen LogP contribution in [0, 0.1) is 17.1 Å². The van der Waals surface area contributed by atoms with Crippen LogP contribution in [-0.2, 0) is 11.2 Å². The first-order valence-electron chi connectivity index (χ1n) is 6.06. The van der Waals surface area contributed by atoms with Crippen molar-refractivity contribution >= 4 is 5.78 Å². The molecule has 0 bridgehead atoms. The highest BCUT2D eigenvalue weighted by atomic mass is 19.1. The van der Waals surface area contributed by atoms with Crippen molar-refractivity contribution in [1.29, 1.82) is 5.26 Å². The normalized spacial score (nSPS) is 9.80. The number of carbonyl (C=O) groups excluding carboxylic acids is 1. The van der Waals surface area contributed by atoms with E-state index >= 15 is 0 Å². The molecule has 0 unspecified atom stereocenters. The number of benzene rings is 2. The molecule has 0 N–H and O–H groups in total. The molecule has 0 aliphatic heterocycles. The van der Waals surface area contributed by atoms with Crippen molar-refractivity contribution in [2.75, 3.05) is 6.61 Å². The largest absolute Gasteiger partial charge is 0.486 e. The quantitative estimate of drug-likeness (QED) is 0.838. The Morgan fingerprint density at radius 1 is 1.10 bits per heavy atom. The van der Waals surface area contributed by atoms with Gasteiger partial charge in [-0.2, -0.15) is 5.26 Å². The first-order valence-corrected chi connectivity index (χ1v) is 6.06. The maximum absolute atomic E-state index is 12.7. The standard InChI is InChI=1S/C16H12FNO2/c17-14-5-1-12(2-6-14)9-15(19)11-20-16-7-3-13(10-18)4-8-16/h1-8H,9,11H2. The van der Waals surface area contributed by atoms with Gasteiger partial charge in [0.1, 0.15) is 18.2 Å². The third-order valence-electron chi connectivity index (χ3n) is 2.70. The van der Waals surface area contributed by atoms with Gasteiger partial charge in [-0.05, 0) is 42.0 Å². The van der Waals surface area contributed by atoms with Gasteiger partial charge in [-0.15, -0.1) is 0 Å². The molecule has 20 heavy (non-hydrogen) atoms. The Bertz CT molecular complexity index is 627. The van der Waals surface area contributed by atoms with Gasteiger partial charge in [0.25, 0.3) is 0 Å². The minimum Gasteiger partial charge on any atom is -0.486 e. The molecule has 0 amide bonds. The second-order valence-corrected chi connectivity index (χ2v) is 4.27. The fraction of sp³-hybridized carbons (Fsp3) is 0.125. The Balaban J connectivity index is 1.85. The maximum atomic E-state index is 12.7. The third-order valence-corrected chi connectivity index (χ3v) is 2.70. The number of ketones is 1. The van der Waals surface area contributed by atoms with Crippen LogP contribution in [-0.4, -0.2) is 12.4 Å². The minimum atomic E-state index is -0.324. The van der Waals surface area contributed by atoms with Gasteiger partial charge in [0.2, 0.25) is 0 Å². The van der Waals surface area contributed by atoms with E-state index in [2.05, 4.69) is 0 Å². The Hall–Kier alpha value is -2.67. The molecule has 0 saturated carbocycles. The van der Waals surface area contributed by atoms with E-state index in [1.54, 1.807) is 36.4 Å². The Labute approximate surface area is 116 Å². The van der Waals surface area contributed by atoms with E-state index in [1.807, 2.05) is 6.07 Å². The van der Waals surface area contributed by atoms with E-state index in [0.29, 0.717) is 11.3 Å². The average molecular weight is 269 g/mol. The van der Waals surface area contributed by atoms with Crippen molar-refractivity contribution in [3.63, 3.8) is 0 Å². The molecule has 2 rings (SSSR count). The molecule has 0 aliphatic rings. The van der Waals surface area contributed by atoms with Gasteiger partial charge in [0, 0.05) is 6.42 Å². The Kier molecular flexibility index (Phi) is 4.46. The van der Waals surface area contributed by atoms with E-state index in [0.717, 1.165) is 5.56 Å². The molecule has 0 radical (unpaired) electrons. The number of rotatable bonds is 5. The molecule has 3 nitrogen and oxygen atoms in total. The number of nitrogens with zero attached hydrogens (tertiary/aromatic N) is 1. The van der Waals surface area contributed by atoms with Crippen molar-refractivity contribution < 1.29 is 13.9 Å². The van der Waals surface area contributed by atoms with Gasteiger partial charge in [-0.25, -0.2) is 4.39 Å². The van der Waals surface area contributed by atoms with Crippen LogP contribution in [0.2, 0.25) is 0 Å². The number of halogens is 1. The number of carbonyl (C=O) groups is 1. The summed E-state index contributed by atoms with van der Waals surface area (Å²) in [6.07, 6.45) is 0.205. The molecule has 0 spiro atoms. The highest BCUT2D eigenvalue weighted by Gasteiger charge is 2.05. The Morgan fingerprint density at radius 3 is 2.35 bits per heavy atom. The van der Waals surface area contributed by atoms with Gasteiger partial charge in [0.15, 0.2) is 5.78 Å². The second kappa shape index (κ2) is 6.48. The zero-order valence-electron chi connectivity index (χ0n) is 10.7. The monoisotopic (exact) mass is 269 g/mol. The van der Waals surface area contributed by atoms with Gasteiger partial charge in [-0.3, -0.25) is 4.79 Å². The molecule has 2 aromatic carbocycles. The van der Waals surface area contributed by atoms with E-state index < -0.39 is 0 Å². The lowest BCUT2D eigenvalue weighted by Gasteiger charge is -2.05. The third kappa shape index (κ3) is 3.92. The van der Waals surface area contributed by atoms with Crippen molar-refractivity contribution in [3.05, 3.63) is 65.5 Å². The summed E-state index contributed by atoms with van der Waals surface area (Å²) in [7, 11) is 0. The molecule has 0 aliphatic carbocycles. The molecule has 0 atom stereocenters. The van der Waals surface area contributed by atoms with E-state index in [-0.39, 0.29) is 24.6 Å². The lowest BCUT2D eigenvalue weighted by molar-refractivity contribution is -0.120. The second-order valence-electron chi connectivity index (χ2n) is 4.27. The van der Waals surface area contributed by atoms with Crippen LogP contribution in [0.5, 0.6) is 5.75 Å². The van der Waals surface area contributed by atoms with Gasteiger partial charge in [0.05, 0.1) is 11.6 Å². The molecular weight excluding hydrogens is 257 g/mol. The van der Waals surface area contributed by atoms with Crippen LogP contribution in [0.4, 0.5) is 4.39 Å². The summed E-state index contributed by atoms with van der Waals surface area (Å²) in [6.45, 7) is -0.0523. The molecule has 0 fully saturated rings. The summed E-state index contributed by atoms with van der Waals surface area (Å²) in [5, 5.41) is 8.66. The highest BCUT2D eigenvalue weighted by molar-refractivity contribution is 5.82. The topological polar surface area (TPSA) is 50.1 Å². The first kappa shape index (κ1) is 13.8. The molecule has 2 aromatic rings. The van der Waals surface area contributed by atoms with Crippen molar-refractivity contribution in [1.82, 2.24) is 0 Å². The van der Waals surface area contributed by atoms with Crippen LogP contribution in [0.1, 0.15) is 11.1 Å². The summed E-state index contributed by atoms with van der Waals surface area (Å²) in [5.74, 6) is 0.118. The summed E-state index contributed by atoms with van der Waals surface area (Å²) < 4.78 is 18.1. The summed E-state index contributed by atoms with van der Waals surface area (Å²) in [5.41, 5.74) is 1.29. The zero-order chi connectivity index (χ0) is 14.4. The Morgan fingerprint density at radius 2 is 1.75 bits per heavy atom. The summed E-state index contributed by atoms with van der Waals surface area (Å²) in [6, 6.07) is 14.3. The summed E-state index contributed by atoms with van der Waals surface area (Å²) >= 11 is 0. The van der Waals surface area contributed by atoms with Crippen molar-refractivity contribution in [2.24, 2.45) is 0 Å². The number of ether oxygens (including phenoxy) is 1. The van der Waals surface area contributed by atoms with Gasteiger partial charge in [-0.1, -0.05) is 12.1 Å². The fourth-order valence-electron chi connectivity index (χ4n) is 1.67. The minimum absolute atomic E-state index is 0.0523. The van der Waals surface area contributed by atoms with E-state index in [4.69, 9.17) is 10.00 Å². The zero-order valence-corrected chi connectivity index (χ0v) is 10.7. The molecular formula is C16H12FNO2. The predicted octanol–water partition coefficient (Wildman–Crippen LogP) is 2.89. The van der Waals surface area contributed by atoms with E-state index in [9.17, 15) is 9.18 Å². The van der Waals surface area contributed by atoms with Crippen LogP contribution in [0.3, 0.4) is 0 Å². The average Bonchev–Trinajstić information content (AvgIpc) is 2.48. The predicted molar refractivity (Wildman–Crippen MR) is 71.8 cm³/mol. The maximum Gasteiger partial charge on any atom is 0.174 e. The summed E-state index contributed by atoms with van der Waals surface area (Å²) in [4.78, 5) is 11.7. The molecule has 0 saturated heterocycles. The van der Waals surface area contributed by atoms with Crippen molar-refractivity contribution in [2.45, 2.75) is 6.42 Å². The van der Waals surface area contributed by atoms with Crippen LogP contribution in [0.25, 0.3) is 0 Å². The number of nitriles is 1. The molecule has 4 heteroatoms. The fourth-order valence-corrected chi connectivity index (χ4v) is 1.67. The lowest BCUT2D eigenvalue weighted by Crippen LogP contribution is -2.13. The van der Waals surface area contributed by atoms with E-state index in [1.165, 1.54) is 12.1 Å². The van der Waals surface area contributed by atoms with Gasteiger partial charge >= 0.3 is 0 Å². The lowest BCUT2D eigenvalue weighted by atomic mass is 10.1. The van der Waals surface area contributed by atoms with Crippen molar-refractivity contribution in [3.8, 4) is 11.8 Å². The number of hydrogen-bond donors (Lipinski definition) is 0. The molecule has 0 heterocycles. The van der Waals surface area contributed by atoms with Crippen LogP contribution >= 0.6 is 0 Å². The number of Topliss-reactive ketones (excluding diaryl/α,β-unsaturated/α-hetero) is 1. The van der Waals surface area contributed by atoms with Gasteiger partial charge < -0.3 is 4.74 Å². The molecule has 100 valence electrons. The van der Waals surface area contributed by atoms with Crippen LogP contribution in [0.15, 0.2) is 48.5 Å². The van der Waals surface area contributed by atoms with Crippen LogP contribution < -0.4 is 4.74 Å². The smallest absolute Gasteiger partial charge is 0.174 e. The highest BCUT2D eigenvalue weighted by Crippen LogP contribution is 2.12. The number of hydrogen-bond acceptors (Lipinski definition) is 3. The SMILES string of the molecule is N#Cc1ccc(OCC(=O)Cc2ccc(F)cc2)cc1. The molecule has 0 aromatic heterocycles. The first-order chi connectivity index (χ1) is 9.67.